The number of carbonyl (C=O) groups excluding carboxylic acids is 1. The van der Waals surface area contributed by atoms with E-state index in [2.05, 4.69) is 5.10 Å². The van der Waals surface area contributed by atoms with Crippen LogP contribution in [-0.2, 0) is 16.0 Å². The van der Waals surface area contributed by atoms with Gasteiger partial charge >= 0.3 is 12.2 Å². The van der Waals surface area contributed by atoms with Crippen molar-refractivity contribution in [3.8, 4) is 0 Å². The van der Waals surface area contributed by atoms with Crippen molar-refractivity contribution in [3.63, 3.8) is 0 Å². The molecule has 1 heterocycles. The molecule has 1 aromatic carbocycles. The highest BCUT2D eigenvalue weighted by Crippen LogP contribution is 2.34. The fourth-order valence-corrected chi connectivity index (χ4v) is 3.50. The molecule has 0 bridgehead atoms. The van der Waals surface area contributed by atoms with Crippen molar-refractivity contribution < 1.29 is 35.2 Å². The van der Waals surface area contributed by atoms with Crippen LogP contribution in [0.2, 0.25) is 0 Å². The normalized spacial score (nSPS) is 12.3. The molecule has 0 aliphatic rings. The maximum atomic E-state index is 14.1. The zero-order valence-electron chi connectivity index (χ0n) is 14.1. The van der Waals surface area contributed by atoms with E-state index < -0.39 is 49.2 Å². The summed E-state index contributed by atoms with van der Waals surface area (Å²) < 4.78 is 91.2. The zero-order chi connectivity index (χ0) is 20.6. The van der Waals surface area contributed by atoms with Crippen LogP contribution in [0.5, 0.6) is 0 Å². The van der Waals surface area contributed by atoms with Crippen LogP contribution in [0, 0.1) is 11.6 Å². The molecule has 0 atom stereocenters. The fraction of sp³-hybridized carbons (Fsp3) is 0.333. The number of hydrogen-bond acceptors (Lipinski definition) is 4. The highest BCUT2D eigenvalue weighted by Gasteiger charge is 2.36. The van der Waals surface area contributed by atoms with Crippen LogP contribution in [0.15, 0.2) is 34.3 Å². The second kappa shape index (κ2) is 7.25. The second-order valence-electron chi connectivity index (χ2n) is 5.32. The Bertz CT molecular complexity index is 966. The first kappa shape index (κ1) is 20.8. The molecular formula is C15H14F5N3O3S. The van der Waals surface area contributed by atoms with Crippen molar-refractivity contribution in [2.45, 2.75) is 29.9 Å². The van der Waals surface area contributed by atoms with Crippen LogP contribution < -0.4 is 0 Å². The number of hydrogen-bond donors (Lipinski definition) is 0. The van der Waals surface area contributed by atoms with Gasteiger partial charge < -0.3 is 4.90 Å². The molecule has 0 saturated heterocycles. The Morgan fingerprint density at radius 1 is 1.15 bits per heavy atom. The van der Waals surface area contributed by atoms with Crippen LogP contribution in [-0.4, -0.2) is 42.2 Å². The first-order chi connectivity index (χ1) is 12.4. The van der Waals surface area contributed by atoms with Gasteiger partial charge in [-0.3, -0.25) is 0 Å². The van der Waals surface area contributed by atoms with Crippen molar-refractivity contribution in [2.75, 3.05) is 13.1 Å². The lowest BCUT2D eigenvalue weighted by Crippen LogP contribution is -2.34. The quantitative estimate of drug-likeness (QED) is 0.572. The van der Waals surface area contributed by atoms with Crippen molar-refractivity contribution in [1.82, 2.24) is 14.7 Å². The van der Waals surface area contributed by atoms with Crippen LogP contribution in [0.4, 0.5) is 26.7 Å². The highest BCUT2D eigenvalue weighted by molar-refractivity contribution is 7.91. The van der Waals surface area contributed by atoms with Gasteiger partial charge in [-0.05, 0) is 32.0 Å². The molecule has 2 rings (SSSR count). The van der Waals surface area contributed by atoms with Gasteiger partial charge in [0.2, 0.25) is 14.9 Å². The number of halogens is 5. The maximum Gasteiger partial charge on any atom is 0.419 e. The molecule has 0 aliphatic heterocycles. The minimum atomic E-state index is -5.15. The summed E-state index contributed by atoms with van der Waals surface area (Å²) >= 11 is 0. The minimum absolute atomic E-state index is 0.0509. The number of carbonyl (C=O) groups is 1. The van der Waals surface area contributed by atoms with Crippen LogP contribution in [0.25, 0.3) is 0 Å². The van der Waals surface area contributed by atoms with Gasteiger partial charge in [-0.15, -0.1) is 5.10 Å². The molecule has 12 heteroatoms. The van der Waals surface area contributed by atoms with E-state index in [4.69, 9.17) is 0 Å². The van der Waals surface area contributed by atoms with Crippen molar-refractivity contribution in [1.29, 1.82) is 0 Å². The molecule has 0 spiro atoms. The highest BCUT2D eigenvalue weighted by atomic mass is 32.2. The third-order valence-corrected chi connectivity index (χ3v) is 5.34. The summed E-state index contributed by atoms with van der Waals surface area (Å²) in [6.45, 7) is 3.75. The largest absolute Gasteiger partial charge is 0.419 e. The molecule has 1 amide bonds. The number of alkyl halides is 3. The predicted octanol–water partition coefficient (Wildman–Crippen LogP) is 3.32. The molecule has 0 unspecified atom stereocenters. The lowest BCUT2D eigenvalue weighted by Gasteiger charge is -2.17. The summed E-state index contributed by atoms with van der Waals surface area (Å²) in [6, 6.07) is 0.112. The monoisotopic (exact) mass is 411 g/mol. The van der Waals surface area contributed by atoms with Crippen molar-refractivity contribution in [3.05, 3.63) is 41.6 Å². The number of rotatable bonds is 4. The molecule has 6 nitrogen and oxygen atoms in total. The average Bonchev–Trinajstić information content (AvgIpc) is 2.97. The van der Waals surface area contributed by atoms with E-state index in [1.165, 1.54) is 4.90 Å². The molecule has 0 saturated carbocycles. The van der Waals surface area contributed by atoms with Crippen LogP contribution >= 0.6 is 0 Å². The van der Waals surface area contributed by atoms with Gasteiger partial charge in [-0.2, -0.15) is 17.9 Å². The Hall–Kier alpha value is -2.50. The number of nitrogens with zero attached hydrogens (tertiary/aromatic N) is 3. The molecule has 27 heavy (non-hydrogen) atoms. The smallest absolute Gasteiger partial charge is 0.323 e. The van der Waals surface area contributed by atoms with E-state index in [1.807, 2.05) is 0 Å². The number of benzene rings is 1. The van der Waals surface area contributed by atoms with Gasteiger partial charge in [0.15, 0.2) is 5.82 Å². The van der Waals surface area contributed by atoms with E-state index >= 15 is 0 Å². The summed E-state index contributed by atoms with van der Waals surface area (Å²) in [6.07, 6.45) is -4.63. The fourth-order valence-electron chi connectivity index (χ4n) is 2.26. The maximum absolute atomic E-state index is 14.1. The van der Waals surface area contributed by atoms with Gasteiger partial charge in [0.25, 0.3) is 0 Å². The first-order valence-corrected chi connectivity index (χ1v) is 9.08. The minimum Gasteiger partial charge on any atom is -0.323 e. The molecule has 0 fully saturated rings. The third-order valence-electron chi connectivity index (χ3n) is 3.68. The molecule has 1 aromatic heterocycles. The SMILES string of the molecule is CCN(CC)C(=O)n1cc(F)c(S(=O)(=O)c2ccc(F)c(C(F)(F)F)c2)n1. The van der Waals surface area contributed by atoms with E-state index in [0.29, 0.717) is 23.0 Å². The van der Waals surface area contributed by atoms with E-state index in [0.717, 1.165) is 0 Å². The van der Waals surface area contributed by atoms with E-state index in [-0.39, 0.29) is 19.2 Å². The summed E-state index contributed by atoms with van der Waals surface area (Å²) in [5.41, 5.74) is -1.82. The Balaban J connectivity index is 2.54. The van der Waals surface area contributed by atoms with Crippen molar-refractivity contribution in [2.24, 2.45) is 0 Å². The lowest BCUT2D eigenvalue weighted by atomic mass is 10.2. The summed E-state index contributed by atoms with van der Waals surface area (Å²) in [5, 5.41) is 2.14. The molecular weight excluding hydrogens is 397 g/mol. The molecule has 0 N–H and O–H groups in total. The Morgan fingerprint density at radius 3 is 2.26 bits per heavy atom. The van der Waals surface area contributed by atoms with E-state index in [1.54, 1.807) is 13.8 Å². The molecule has 2 aromatic rings. The predicted molar refractivity (Wildman–Crippen MR) is 82.8 cm³/mol. The zero-order valence-corrected chi connectivity index (χ0v) is 14.9. The number of aromatic nitrogens is 2. The standard InChI is InChI=1S/C15H14F5N3O3S/c1-3-22(4-2)14(24)23-8-12(17)13(21-23)27(25,26)9-5-6-11(16)10(7-9)15(18,19)20/h5-8H,3-4H2,1-2H3. The van der Waals surface area contributed by atoms with Gasteiger partial charge in [-0.1, -0.05) is 0 Å². The molecule has 0 radical (unpaired) electrons. The van der Waals surface area contributed by atoms with Crippen LogP contribution in [0.3, 0.4) is 0 Å². The first-order valence-electron chi connectivity index (χ1n) is 7.59. The van der Waals surface area contributed by atoms with Crippen LogP contribution in [0.1, 0.15) is 19.4 Å². The summed E-state index contributed by atoms with van der Waals surface area (Å²) in [7, 11) is -4.87. The lowest BCUT2D eigenvalue weighted by molar-refractivity contribution is -0.140. The van der Waals surface area contributed by atoms with E-state index in [9.17, 15) is 35.2 Å². The molecule has 148 valence electrons. The Morgan fingerprint density at radius 2 is 1.74 bits per heavy atom. The topological polar surface area (TPSA) is 72.3 Å². The summed E-state index contributed by atoms with van der Waals surface area (Å²) in [4.78, 5) is 12.4. The Labute approximate surface area is 151 Å². The van der Waals surface area contributed by atoms with Gasteiger partial charge in [0.1, 0.15) is 5.82 Å². The number of amides is 1. The van der Waals surface area contributed by atoms with Gasteiger partial charge in [0, 0.05) is 13.1 Å². The van der Waals surface area contributed by atoms with Gasteiger partial charge in [-0.25, -0.2) is 22.0 Å². The van der Waals surface area contributed by atoms with Crippen molar-refractivity contribution >= 4 is 15.9 Å². The Kier molecular flexibility index (Phi) is 5.59. The average molecular weight is 411 g/mol. The number of sulfone groups is 1. The summed E-state index contributed by atoms with van der Waals surface area (Å²) in [5.74, 6) is -3.10. The van der Waals surface area contributed by atoms with Gasteiger partial charge in [0.05, 0.1) is 16.7 Å². The molecule has 0 aliphatic carbocycles. The third kappa shape index (κ3) is 3.94. The second-order valence-corrected chi connectivity index (χ2v) is 7.19.